The van der Waals surface area contributed by atoms with Crippen molar-refractivity contribution < 1.29 is 28.5 Å². The van der Waals surface area contributed by atoms with Gasteiger partial charge in [-0.2, -0.15) is 0 Å². The Morgan fingerprint density at radius 3 is 2.44 bits per heavy atom. The molecule has 0 spiro atoms. The number of carbonyl (C=O) groups excluding carboxylic acids is 2. The number of hydrogen-bond acceptors (Lipinski definition) is 7. The lowest BCUT2D eigenvalue weighted by atomic mass is 9.75. The lowest BCUT2D eigenvalue weighted by Gasteiger charge is -2.47. The molecule has 0 N–H and O–H groups in total. The predicted molar refractivity (Wildman–Crippen MR) is 151 cm³/mol. The first-order chi connectivity index (χ1) is 20.1. The van der Waals surface area contributed by atoms with Crippen molar-refractivity contribution in [3.8, 4) is 23.0 Å². The van der Waals surface area contributed by atoms with Gasteiger partial charge in [-0.15, -0.1) is 0 Å². The van der Waals surface area contributed by atoms with E-state index < -0.39 is 5.92 Å². The fourth-order valence-corrected chi connectivity index (χ4v) is 6.74. The molecule has 3 aromatic carbocycles. The number of amides is 2. The molecule has 0 aromatic heterocycles. The Morgan fingerprint density at radius 2 is 1.63 bits per heavy atom. The zero-order valence-corrected chi connectivity index (χ0v) is 23.3. The number of carbonyl (C=O) groups is 2. The summed E-state index contributed by atoms with van der Waals surface area (Å²) in [7, 11) is 3.14. The zero-order chi connectivity index (χ0) is 28.1. The molecule has 4 aliphatic heterocycles. The monoisotopic (exact) mass is 555 g/mol. The Kier molecular flexibility index (Phi) is 6.46. The molecule has 0 radical (unpaired) electrons. The first-order valence-electron chi connectivity index (χ1n) is 14.1. The number of hydrogen-bond donors (Lipinski definition) is 0. The van der Waals surface area contributed by atoms with Gasteiger partial charge in [0.15, 0.2) is 23.0 Å². The summed E-state index contributed by atoms with van der Waals surface area (Å²) in [6.45, 7) is 4.36. The van der Waals surface area contributed by atoms with Crippen LogP contribution in [0.1, 0.15) is 44.6 Å². The quantitative estimate of drug-likeness (QED) is 0.476. The summed E-state index contributed by atoms with van der Waals surface area (Å²) in [5.41, 5.74) is 4.62. The van der Waals surface area contributed by atoms with Crippen molar-refractivity contribution in [3.05, 3.63) is 82.4 Å². The summed E-state index contributed by atoms with van der Waals surface area (Å²) in [6.07, 6.45) is 0.764. The molecule has 1 saturated heterocycles. The van der Waals surface area contributed by atoms with Crippen LogP contribution in [-0.4, -0.2) is 80.3 Å². The van der Waals surface area contributed by atoms with Gasteiger partial charge in [-0.25, -0.2) is 0 Å². The summed E-state index contributed by atoms with van der Waals surface area (Å²) in [5, 5.41) is 0. The van der Waals surface area contributed by atoms with Crippen molar-refractivity contribution in [3.63, 3.8) is 0 Å². The number of ether oxygens (including phenoxy) is 4. The highest BCUT2D eigenvalue weighted by molar-refractivity contribution is 6.02. The molecule has 212 valence electrons. The van der Waals surface area contributed by atoms with Crippen molar-refractivity contribution in [1.29, 1.82) is 0 Å². The van der Waals surface area contributed by atoms with E-state index in [-0.39, 0.29) is 24.6 Å². The minimum atomic E-state index is -0.538. The van der Waals surface area contributed by atoms with E-state index >= 15 is 0 Å². The molecular formula is C32H33N3O6. The molecule has 4 aliphatic rings. The molecular weight excluding hydrogens is 522 g/mol. The topological polar surface area (TPSA) is 80.8 Å². The maximum Gasteiger partial charge on any atom is 0.254 e. The molecule has 0 aliphatic carbocycles. The molecule has 2 atom stereocenters. The number of fused-ring (bicyclic) bond motifs is 5. The van der Waals surface area contributed by atoms with E-state index in [1.54, 1.807) is 20.3 Å². The van der Waals surface area contributed by atoms with Gasteiger partial charge in [0.1, 0.15) is 0 Å². The number of rotatable bonds is 5. The van der Waals surface area contributed by atoms with Gasteiger partial charge in [-0.05, 0) is 52.9 Å². The second-order valence-corrected chi connectivity index (χ2v) is 11.0. The van der Waals surface area contributed by atoms with E-state index in [1.165, 1.54) is 5.56 Å². The van der Waals surface area contributed by atoms with Crippen LogP contribution in [0.5, 0.6) is 23.0 Å². The number of piperazine rings is 1. The average molecular weight is 556 g/mol. The van der Waals surface area contributed by atoms with Crippen LogP contribution >= 0.6 is 0 Å². The van der Waals surface area contributed by atoms with E-state index in [1.807, 2.05) is 40.1 Å². The first kappa shape index (κ1) is 25.7. The van der Waals surface area contributed by atoms with Crippen molar-refractivity contribution in [2.24, 2.45) is 0 Å². The number of methoxy groups -OCH3 is 2. The van der Waals surface area contributed by atoms with Crippen LogP contribution in [0.2, 0.25) is 0 Å². The summed E-state index contributed by atoms with van der Waals surface area (Å²) in [5.74, 6) is 2.00. The Labute approximate surface area is 239 Å². The molecule has 41 heavy (non-hydrogen) atoms. The molecule has 9 nitrogen and oxygen atoms in total. The summed E-state index contributed by atoms with van der Waals surface area (Å²) >= 11 is 0. The predicted octanol–water partition coefficient (Wildman–Crippen LogP) is 3.61. The van der Waals surface area contributed by atoms with Crippen molar-refractivity contribution >= 4 is 11.8 Å². The Hall–Kier alpha value is -4.24. The van der Waals surface area contributed by atoms with Gasteiger partial charge >= 0.3 is 0 Å². The van der Waals surface area contributed by atoms with Gasteiger partial charge in [0.2, 0.25) is 12.7 Å². The molecule has 3 aromatic rings. The largest absolute Gasteiger partial charge is 0.493 e. The zero-order valence-electron chi connectivity index (χ0n) is 23.3. The van der Waals surface area contributed by atoms with E-state index in [2.05, 4.69) is 23.1 Å². The third kappa shape index (κ3) is 4.35. The standard InChI is InChI=1S/C32H33N3O6/c1-38-26-16-23-24(17-27(26)39-2)31(36)35-10-9-21-5-3-4-6-22(21)30(35)29(23)32(37)34-13-11-33(12-14-34)18-20-7-8-25-28(15-20)41-19-40-25/h3-8,15-17,29-30H,9-14,18-19H2,1-2H3/t29-,30-/m0/s1. The normalized spacial score (nSPS) is 21.2. The molecule has 1 fully saturated rings. The van der Waals surface area contributed by atoms with Crippen LogP contribution in [0.4, 0.5) is 0 Å². The van der Waals surface area contributed by atoms with Gasteiger partial charge in [-0.1, -0.05) is 30.3 Å². The molecule has 0 unspecified atom stereocenters. The maximum absolute atomic E-state index is 14.5. The van der Waals surface area contributed by atoms with Crippen LogP contribution in [-0.2, 0) is 17.8 Å². The van der Waals surface area contributed by atoms with Crippen molar-refractivity contribution in [1.82, 2.24) is 14.7 Å². The van der Waals surface area contributed by atoms with Crippen LogP contribution in [0, 0.1) is 0 Å². The van der Waals surface area contributed by atoms with Crippen LogP contribution in [0.25, 0.3) is 0 Å². The van der Waals surface area contributed by atoms with Gasteiger partial charge in [0.05, 0.1) is 26.2 Å². The van der Waals surface area contributed by atoms with Gasteiger partial charge < -0.3 is 28.7 Å². The third-order valence-corrected chi connectivity index (χ3v) is 8.82. The minimum absolute atomic E-state index is 0.0420. The van der Waals surface area contributed by atoms with E-state index in [4.69, 9.17) is 18.9 Å². The summed E-state index contributed by atoms with van der Waals surface area (Å²) in [6, 6.07) is 17.4. The molecule has 9 heteroatoms. The lowest BCUT2D eigenvalue weighted by Crippen LogP contribution is -2.54. The van der Waals surface area contributed by atoms with E-state index in [0.29, 0.717) is 42.3 Å². The Morgan fingerprint density at radius 1 is 0.878 bits per heavy atom. The second kappa shape index (κ2) is 10.3. The Balaban J connectivity index is 1.18. The van der Waals surface area contributed by atoms with Gasteiger partial charge in [-0.3, -0.25) is 14.5 Å². The number of benzene rings is 3. The van der Waals surface area contributed by atoms with Crippen molar-refractivity contribution in [2.45, 2.75) is 24.9 Å². The van der Waals surface area contributed by atoms with Gasteiger partial charge in [0.25, 0.3) is 5.91 Å². The second-order valence-electron chi connectivity index (χ2n) is 11.0. The molecule has 0 saturated carbocycles. The summed E-state index contributed by atoms with van der Waals surface area (Å²) < 4.78 is 22.1. The van der Waals surface area contributed by atoms with Crippen molar-refractivity contribution in [2.75, 3.05) is 53.7 Å². The fraction of sp³-hybridized carbons (Fsp3) is 0.375. The van der Waals surface area contributed by atoms with Crippen LogP contribution in [0.3, 0.4) is 0 Å². The van der Waals surface area contributed by atoms with E-state index in [0.717, 1.165) is 48.7 Å². The Bertz CT molecular complexity index is 1520. The fourth-order valence-electron chi connectivity index (χ4n) is 6.74. The summed E-state index contributed by atoms with van der Waals surface area (Å²) in [4.78, 5) is 34.5. The van der Waals surface area contributed by atoms with Crippen LogP contribution < -0.4 is 18.9 Å². The molecule has 4 heterocycles. The number of nitrogens with zero attached hydrogens (tertiary/aromatic N) is 3. The molecule has 0 bridgehead atoms. The highest BCUT2D eigenvalue weighted by Crippen LogP contribution is 2.49. The maximum atomic E-state index is 14.5. The highest BCUT2D eigenvalue weighted by Gasteiger charge is 2.48. The molecule has 2 amide bonds. The van der Waals surface area contributed by atoms with Gasteiger partial charge in [0, 0.05) is 44.8 Å². The highest BCUT2D eigenvalue weighted by atomic mass is 16.7. The smallest absolute Gasteiger partial charge is 0.254 e. The first-order valence-corrected chi connectivity index (χ1v) is 14.1. The third-order valence-electron chi connectivity index (χ3n) is 8.82. The van der Waals surface area contributed by atoms with E-state index in [9.17, 15) is 9.59 Å². The minimum Gasteiger partial charge on any atom is -0.493 e. The average Bonchev–Trinajstić information content (AvgIpc) is 3.49. The van der Waals surface area contributed by atoms with Crippen LogP contribution in [0.15, 0.2) is 54.6 Å². The lowest BCUT2D eigenvalue weighted by molar-refractivity contribution is -0.136. The SMILES string of the molecule is COc1cc2c(cc1OC)[C@H](C(=O)N1CCN(Cc3ccc4c(c3)OCO4)CC1)[C@@H]1c3ccccc3CCN1C2=O. The molecule has 7 rings (SSSR count).